The molecule has 3 aromatic carbocycles. The number of hydrogen-bond donors (Lipinski definition) is 3. The molecule has 0 saturated heterocycles. The van der Waals surface area contributed by atoms with Crippen LogP contribution in [0.25, 0.3) is 0 Å². The van der Waals surface area contributed by atoms with Gasteiger partial charge in [-0.2, -0.15) is 30.0 Å². The second kappa shape index (κ2) is 11.0. The van der Waals surface area contributed by atoms with Gasteiger partial charge >= 0.3 is 0 Å². The first-order valence-electron chi connectivity index (χ1n) is 13.2. The van der Waals surface area contributed by atoms with Crippen LogP contribution in [0.15, 0.2) is 103 Å². The van der Waals surface area contributed by atoms with E-state index in [1.807, 2.05) is 0 Å². The predicted molar refractivity (Wildman–Crippen MR) is 167 cm³/mol. The van der Waals surface area contributed by atoms with E-state index in [0.717, 1.165) is 0 Å². The van der Waals surface area contributed by atoms with Crippen LogP contribution in [0.2, 0.25) is 0 Å². The van der Waals surface area contributed by atoms with Gasteiger partial charge in [0.2, 0.25) is 35.8 Å². The van der Waals surface area contributed by atoms with E-state index < -0.39 is 0 Å². The zero-order valence-corrected chi connectivity index (χ0v) is 23.3. The summed E-state index contributed by atoms with van der Waals surface area (Å²) in [6.45, 7) is 4.51. The molecule has 0 atom stereocenters. The maximum atomic E-state index is 11.7. The monoisotopic (exact) mass is 572 g/mol. The molecule has 0 bridgehead atoms. The minimum absolute atomic E-state index is 0.0384. The Balaban J connectivity index is 1.34. The number of benzene rings is 3. The van der Waals surface area contributed by atoms with Crippen LogP contribution >= 0.6 is 0 Å². The van der Waals surface area contributed by atoms with Gasteiger partial charge in [0.25, 0.3) is 0 Å². The van der Waals surface area contributed by atoms with Gasteiger partial charge in [0.15, 0.2) is 17.3 Å². The van der Waals surface area contributed by atoms with Crippen LogP contribution in [0.5, 0.6) is 0 Å². The fourth-order valence-corrected chi connectivity index (χ4v) is 4.21. The van der Waals surface area contributed by atoms with Gasteiger partial charge in [0.05, 0.1) is 0 Å². The lowest BCUT2D eigenvalue weighted by Gasteiger charge is -2.30. The van der Waals surface area contributed by atoms with Crippen LogP contribution in [-0.2, 0) is 0 Å². The van der Waals surface area contributed by atoms with Crippen molar-refractivity contribution in [1.82, 2.24) is 4.90 Å². The molecule has 0 saturated carbocycles. The van der Waals surface area contributed by atoms with E-state index in [4.69, 9.17) is 0 Å². The van der Waals surface area contributed by atoms with Crippen molar-refractivity contribution in [2.45, 2.75) is 20.8 Å². The summed E-state index contributed by atoms with van der Waals surface area (Å²) in [7, 11) is 0. The molecule has 3 aliphatic rings. The summed E-state index contributed by atoms with van der Waals surface area (Å²) in [6.07, 6.45) is 0. The van der Waals surface area contributed by atoms with E-state index in [0.29, 0.717) is 33.8 Å². The van der Waals surface area contributed by atoms with E-state index in [-0.39, 0.29) is 53.1 Å². The molecular weight excluding hydrogens is 548 g/mol. The van der Waals surface area contributed by atoms with E-state index in [1.54, 1.807) is 72.8 Å². The molecule has 3 aromatic rings. The van der Waals surface area contributed by atoms with Crippen molar-refractivity contribution in [2.75, 3.05) is 16.0 Å². The second-order valence-electron chi connectivity index (χ2n) is 9.65. The number of carbonyl (C=O) groups excluding carboxylic acids is 3. The van der Waals surface area contributed by atoms with E-state index >= 15 is 0 Å². The SMILES string of the molecule is CC(=O)c1ccc(NC2=NC3=NC(Nc4ccc(C(C)=O)cc4)=NC4=NC(Nc5ccc(C(C)=O)cc5)=NC(=N2)N34)cc1. The Morgan fingerprint density at radius 3 is 0.930 bits per heavy atom. The molecule has 6 rings (SSSR count). The first-order chi connectivity index (χ1) is 20.7. The highest BCUT2D eigenvalue weighted by Crippen LogP contribution is 2.21. The number of aliphatic imine (C=N–C) groups is 6. The van der Waals surface area contributed by atoms with Gasteiger partial charge in [-0.05, 0) is 93.6 Å². The molecule has 3 N–H and O–H groups in total. The lowest BCUT2D eigenvalue weighted by atomic mass is 10.1. The number of nitrogens with one attached hydrogen (secondary N) is 3. The maximum Gasteiger partial charge on any atom is 0.246 e. The molecule has 43 heavy (non-hydrogen) atoms. The van der Waals surface area contributed by atoms with Crippen LogP contribution in [0, 0.1) is 0 Å². The first-order valence-corrected chi connectivity index (χ1v) is 13.2. The Morgan fingerprint density at radius 1 is 0.442 bits per heavy atom. The highest BCUT2D eigenvalue weighted by molar-refractivity contribution is 6.32. The van der Waals surface area contributed by atoms with E-state index in [1.165, 1.54) is 25.7 Å². The van der Waals surface area contributed by atoms with Crippen molar-refractivity contribution in [1.29, 1.82) is 0 Å². The van der Waals surface area contributed by atoms with Crippen molar-refractivity contribution < 1.29 is 14.4 Å². The summed E-state index contributed by atoms with van der Waals surface area (Å²) < 4.78 is 0. The number of hydrogen-bond acceptors (Lipinski definition) is 13. The maximum absolute atomic E-state index is 11.7. The molecule has 0 aliphatic carbocycles. The zero-order chi connectivity index (χ0) is 30.1. The van der Waals surface area contributed by atoms with Gasteiger partial charge in [-0.25, -0.2) is 4.90 Å². The van der Waals surface area contributed by atoms with Crippen molar-refractivity contribution in [2.24, 2.45) is 30.0 Å². The number of nitrogens with zero attached hydrogens (tertiary/aromatic N) is 7. The molecule has 0 amide bonds. The Bertz CT molecular complexity index is 1630. The molecule has 212 valence electrons. The predicted octanol–water partition coefficient (Wildman–Crippen LogP) is 4.41. The standard InChI is InChI=1S/C30H24N10O3/c1-16(41)19-4-10-22(11-5-19)31-25-34-28-36-26(32-23-12-6-20(7-13-23)17(2)42)38-30-39-27(37-29(35-25)40(28)30)33-24-14-8-21(9-15-24)18(3)43/h4-15H,1-3H3,(H3,31,32,33,34,35,36,37,38,39). The molecule has 13 heteroatoms. The number of carbonyl (C=O) groups is 3. The average Bonchev–Trinajstić information content (AvgIpc) is 2.98. The summed E-state index contributed by atoms with van der Waals surface area (Å²) in [5.74, 6) is 1.18. The summed E-state index contributed by atoms with van der Waals surface area (Å²) in [6, 6.07) is 20.8. The summed E-state index contributed by atoms with van der Waals surface area (Å²) in [5, 5.41) is 9.41. The quantitative estimate of drug-likeness (QED) is 0.368. The third kappa shape index (κ3) is 5.86. The van der Waals surface area contributed by atoms with Crippen LogP contribution in [-0.4, -0.2) is 58.0 Å². The fraction of sp³-hybridized carbons (Fsp3) is 0.100. The van der Waals surface area contributed by atoms with Gasteiger partial charge in [0, 0.05) is 33.8 Å². The Labute approximate surface area is 245 Å². The molecule has 3 aliphatic heterocycles. The Morgan fingerprint density at radius 2 is 0.698 bits per heavy atom. The average molecular weight is 573 g/mol. The van der Waals surface area contributed by atoms with Crippen LogP contribution in [0.3, 0.4) is 0 Å². The molecule has 0 radical (unpaired) electrons. The third-order valence-corrected chi connectivity index (χ3v) is 6.48. The first kappa shape index (κ1) is 27.1. The summed E-state index contributed by atoms with van der Waals surface area (Å²) in [5.41, 5.74) is 3.73. The zero-order valence-electron chi connectivity index (χ0n) is 23.3. The molecular formula is C30H24N10O3. The van der Waals surface area contributed by atoms with Crippen molar-refractivity contribution >= 4 is 70.2 Å². The number of rotatable bonds is 6. The minimum Gasteiger partial charge on any atom is -0.324 e. The van der Waals surface area contributed by atoms with Gasteiger partial charge in [-0.3, -0.25) is 14.4 Å². The Hall–Kier alpha value is -6.11. The van der Waals surface area contributed by atoms with Gasteiger partial charge in [-0.1, -0.05) is 0 Å². The normalized spacial score (nSPS) is 15.0. The van der Waals surface area contributed by atoms with Crippen molar-refractivity contribution in [3.8, 4) is 0 Å². The van der Waals surface area contributed by atoms with Crippen LogP contribution in [0.4, 0.5) is 17.1 Å². The van der Waals surface area contributed by atoms with Crippen LogP contribution < -0.4 is 16.0 Å². The van der Waals surface area contributed by atoms with Gasteiger partial charge < -0.3 is 16.0 Å². The fourth-order valence-electron chi connectivity index (χ4n) is 4.21. The van der Waals surface area contributed by atoms with E-state index in [9.17, 15) is 14.4 Å². The van der Waals surface area contributed by atoms with E-state index in [2.05, 4.69) is 45.9 Å². The highest BCUT2D eigenvalue weighted by Gasteiger charge is 2.35. The number of Topliss-reactive ketones (excluding diaryl/α,β-unsaturated/α-hetero) is 3. The Kier molecular flexibility index (Phi) is 6.96. The molecule has 3 heterocycles. The number of anilines is 3. The van der Waals surface area contributed by atoms with Crippen LogP contribution in [0.1, 0.15) is 51.8 Å². The largest absolute Gasteiger partial charge is 0.324 e. The molecule has 0 fully saturated rings. The van der Waals surface area contributed by atoms with Crippen molar-refractivity contribution in [3.05, 3.63) is 89.5 Å². The summed E-state index contributed by atoms with van der Waals surface area (Å²) >= 11 is 0. The third-order valence-electron chi connectivity index (χ3n) is 6.48. The van der Waals surface area contributed by atoms with Crippen molar-refractivity contribution in [3.63, 3.8) is 0 Å². The highest BCUT2D eigenvalue weighted by atomic mass is 16.1. The molecule has 0 spiro atoms. The molecule has 0 aromatic heterocycles. The lowest BCUT2D eigenvalue weighted by Crippen LogP contribution is -2.49. The molecule has 13 nitrogen and oxygen atoms in total. The van der Waals surface area contributed by atoms with Gasteiger partial charge in [0.1, 0.15) is 0 Å². The van der Waals surface area contributed by atoms with Gasteiger partial charge in [-0.15, -0.1) is 0 Å². The summed E-state index contributed by atoms with van der Waals surface area (Å²) in [4.78, 5) is 63.9. The number of guanidine groups is 6. The number of ketones is 3. The minimum atomic E-state index is -0.0384. The lowest BCUT2D eigenvalue weighted by molar-refractivity contribution is 0.100. The molecule has 0 unspecified atom stereocenters. The topological polar surface area (TPSA) is 165 Å². The smallest absolute Gasteiger partial charge is 0.246 e. The second-order valence-corrected chi connectivity index (χ2v) is 9.65.